The molecule has 31 heavy (non-hydrogen) atoms. The summed E-state index contributed by atoms with van der Waals surface area (Å²) in [6.45, 7) is 27.2. The fourth-order valence-electron chi connectivity index (χ4n) is 2.57. The third-order valence-electron chi connectivity index (χ3n) is 3.31. The molecule has 0 saturated heterocycles. The van der Waals surface area contributed by atoms with Crippen LogP contribution < -0.4 is 5.32 Å². The van der Waals surface area contributed by atoms with Gasteiger partial charge in [-0.05, 0) is 79.2 Å². The predicted octanol–water partition coefficient (Wildman–Crippen LogP) is 4.99. The second-order valence-electron chi connectivity index (χ2n) is 10.5. The topological polar surface area (TPSA) is 92.3 Å². The molecule has 0 fully saturated rings. The van der Waals surface area contributed by atoms with Crippen molar-refractivity contribution in [2.24, 2.45) is 0 Å². The lowest BCUT2D eigenvalue weighted by molar-refractivity contribution is -0.144. The van der Waals surface area contributed by atoms with E-state index in [2.05, 4.69) is 70.8 Å². The molecule has 0 spiro atoms. The summed E-state index contributed by atoms with van der Waals surface area (Å²) < 4.78 is 30.8. The Balaban J connectivity index is 5.88. The molecular weight excluding hydrogens is 467 g/mol. The first-order valence-electron chi connectivity index (χ1n) is 10.6. The lowest BCUT2D eigenvalue weighted by atomic mass is 10.4. The van der Waals surface area contributed by atoms with Crippen LogP contribution >= 0.6 is 0 Å². The molecule has 0 saturated carbocycles. The Labute approximate surface area is 192 Å². The van der Waals surface area contributed by atoms with E-state index in [1.807, 2.05) is 6.92 Å². The summed E-state index contributed by atoms with van der Waals surface area (Å²) in [7, 11) is -9.78. The normalized spacial score (nSPS) is 15.1. The van der Waals surface area contributed by atoms with Crippen molar-refractivity contribution < 1.29 is 31.4 Å². The van der Waals surface area contributed by atoms with Crippen molar-refractivity contribution in [3.8, 4) is 0 Å². The van der Waals surface area contributed by atoms with Crippen molar-refractivity contribution >= 4 is 45.8 Å². The SMILES string of the molecule is C=C(C)C(=O)OC(C)NC(=O)OC(CC)[Si](O[Si](C)(C)C)(O[Si](C)(C)C)O[Si](C)(C)C. The van der Waals surface area contributed by atoms with Crippen LogP contribution in [0.1, 0.15) is 27.2 Å². The first-order valence-corrected chi connectivity index (χ1v) is 22.7. The highest BCUT2D eigenvalue weighted by atomic mass is 28.5. The Morgan fingerprint density at radius 1 is 0.839 bits per heavy atom. The zero-order valence-corrected chi connectivity index (χ0v) is 25.4. The second kappa shape index (κ2) is 11.4. The molecule has 1 amide bonds. The van der Waals surface area contributed by atoms with E-state index in [1.165, 1.54) is 6.92 Å². The summed E-state index contributed by atoms with van der Waals surface area (Å²) in [5, 5.41) is 2.54. The van der Waals surface area contributed by atoms with Crippen molar-refractivity contribution in [2.75, 3.05) is 0 Å². The summed E-state index contributed by atoms with van der Waals surface area (Å²) in [6, 6.07) is 0. The van der Waals surface area contributed by atoms with E-state index in [0.29, 0.717) is 6.42 Å². The molecule has 0 aromatic rings. The Bertz CT molecular complexity index is 598. The van der Waals surface area contributed by atoms with Crippen molar-refractivity contribution in [3.05, 3.63) is 12.2 Å². The van der Waals surface area contributed by atoms with Gasteiger partial charge in [0.15, 0.2) is 36.9 Å². The van der Waals surface area contributed by atoms with Gasteiger partial charge in [0.1, 0.15) is 0 Å². The molecule has 0 bridgehead atoms. The van der Waals surface area contributed by atoms with Crippen molar-refractivity contribution in [2.45, 2.75) is 98.1 Å². The van der Waals surface area contributed by atoms with E-state index in [1.54, 1.807) is 6.92 Å². The maximum absolute atomic E-state index is 12.7. The van der Waals surface area contributed by atoms with Gasteiger partial charge in [-0.3, -0.25) is 5.32 Å². The number of carbonyl (C=O) groups excluding carboxylic acids is 2. The zero-order valence-electron chi connectivity index (χ0n) is 21.4. The van der Waals surface area contributed by atoms with E-state index in [9.17, 15) is 9.59 Å². The van der Waals surface area contributed by atoms with Crippen molar-refractivity contribution in [1.82, 2.24) is 5.32 Å². The molecule has 12 heteroatoms. The van der Waals surface area contributed by atoms with Gasteiger partial charge in [-0.25, -0.2) is 9.59 Å². The Kier molecular flexibility index (Phi) is 11.1. The third-order valence-corrected chi connectivity index (χ3v) is 15.4. The van der Waals surface area contributed by atoms with E-state index in [-0.39, 0.29) is 5.57 Å². The molecule has 0 heterocycles. The number of esters is 1. The first kappa shape index (κ1) is 30.2. The molecule has 182 valence electrons. The average molecular weight is 510 g/mol. The van der Waals surface area contributed by atoms with Crippen LogP contribution in [0.4, 0.5) is 4.79 Å². The molecule has 0 aromatic carbocycles. The molecule has 2 unspecified atom stereocenters. The van der Waals surface area contributed by atoms with Crippen molar-refractivity contribution in [3.63, 3.8) is 0 Å². The van der Waals surface area contributed by atoms with Crippen LogP contribution in [0.3, 0.4) is 0 Å². The molecule has 8 nitrogen and oxygen atoms in total. The quantitative estimate of drug-likeness (QED) is 0.171. The van der Waals surface area contributed by atoms with Crippen LogP contribution in [-0.4, -0.2) is 57.8 Å². The average Bonchev–Trinajstić information content (AvgIpc) is 2.46. The molecule has 0 aliphatic carbocycles. The molecule has 0 aliphatic rings. The van der Waals surface area contributed by atoms with Gasteiger partial charge in [-0.2, -0.15) is 0 Å². The fourth-order valence-corrected chi connectivity index (χ4v) is 16.8. The molecule has 0 radical (unpaired) electrons. The lowest BCUT2D eigenvalue weighted by Gasteiger charge is -2.45. The van der Waals surface area contributed by atoms with Crippen LogP contribution in [-0.2, 0) is 26.6 Å². The number of hydrogen-bond acceptors (Lipinski definition) is 7. The smallest absolute Gasteiger partial charge is 0.442 e. The van der Waals surface area contributed by atoms with Crippen molar-refractivity contribution in [1.29, 1.82) is 0 Å². The van der Waals surface area contributed by atoms with Crippen LogP contribution in [0.25, 0.3) is 0 Å². The fraction of sp³-hybridized carbons (Fsp3) is 0.789. The van der Waals surface area contributed by atoms with Gasteiger partial charge in [-0.15, -0.1) is 0 Å². The molecule has 1 N–H and O–H groups in total. The number of alkyl carbamates (subject to hydrolysis) is 1. The predicted molar refractivity (Wildman–Crippen MR) is 133 cm³/mol. The number of nitrogens with one attached hydrogen (secondary N) is 1. The van der Waals surface area contributed by atoms with E-state index >= 15 is 0 Å². The van der Waals surface area contributed by atoms with Gasteiger partial charge in [0.05, 0.1) is 0 Å². The van der Waals surface area contributed by atoms with Crippen LogP contribution in [0.2, 0.25) is 58.9 Å². The number of ether oxygens (including phenoxy) is 2. The minimum atomic E-state index is -3.41. The van der Waals surface area contributed by atoms with Gasteiger partial charge in [0.25, 0.3) is 0 Å². The summed E-state index contributed by atoms with van der Waals surface area (Å²) in [6.07, 6.45) is -1.12. The molecule has 0 rings (SSSR count). The molecular formula is C19H43NO7Si4. The summed E-state index contributed by atoms with van der Waals surface area (Å²) in [5.74, 6) is -0.588. The number of amides is 1. The highest BCUT2D eigenvalue weighted by Gasteiger charge is 2.57. The number of carbonyl (C=O) groups is 2. The maximum Gasteiger partial charge on any atom is 0.512 e. The van der Waals surface area contributed by atoms with Crippen LogP contribution in [0.15, 0.2) is 12.2 Å². The van der Waals surface area contributed by atoms with Gasteiger partial charge in [-0.1, -0.05) is 13.5 Å². The Hall–Kier alpha value is -0.772. The van der Waals surface area contributed by atoms with E-state index in [4.69, 9.17) is 21.8 Å². The van der Waals surface area contributed by atoms with Gasteiger partial charge in [0, 0.05) is 5.57 Å². The first-order chi connectivity index (χ1) is 13.7. The van der Waals surface area contributed by atoms with Crippen LogP contribution in [0, 0.1) is 0 Å². The highest BCUT2D eigenvalue weighted by Crippen LogP contribution is 2.31. The lowest BCUT2D eigenvalue weighted by Crippen LogP contribution is -2.68. The summed E-state index contributed by atoms with van der Waals surface area (Å²) in [5.41, 5.74) is -0.433. The van der Waals surface area contributed by atoms with E-state index in [0.717, 1.165) is 0 Å². The molecule has 2 atom stereocenters. The molecule has 0 aromatic heterocycles. The minimum Gasteiger partial charge on any atom is -0.442 e. The molecule has 0 aliphatic heterocycles. The number of hydrogen-bond donors (Lipinski definition) is 1. The Morgan fingerprint density at radius 3 is 1.52 bits per heavy atom. The monoisotopic (exact) mass is 509 g/mol. The largest absolute Gasteiger partial charge is 0.512 e. The maximum atomic E-state index is 12.7. The minimum absolute atomic E-state index is 0.246. The van der Waals surface area contributed by atoms with E-state index < -0.39 is 57.8 Å². The second-order valence-corrected chi connectivity index (χ2v) is 27.5. The van der Waals surface area contributed by atoms with Gasteiger partial charge in [0.2, 0.25) is 0 Å². The van der Waals surface area contributed by atoms with Gasteiger partial charge < -0.3 is 21.8 Å². The summed E-state index contributed by atoms with van der Waals surface area (Å²) >= 11 is 0. The van der Waals surface area contributed by atoms with Gasteiger partial charge >= 0.3 is 20.9 Å². The Morgan fingerprint density at radius 2 is 1.23 bits per heavy atom. The number of rotatable bonds is 12. The van der Waals surface area contributed by atoms with Crippen LogP contribution in [0.5, 0.6) is 0 Å². The zero-order chi connectivity index (χ0) is 24.8. The third kappa shape index (κ3) is 12.7. The summed E-state index contributed by atoms with van der Waals surface area (Å²) in [4.78, 5) is 24.3. The standard InChI is InChI=1S/C19H43NO7Si4/c1-14-17(24-19(22)20-16(4)23-18(21)15(2)3)31(25-28(5,6)7,26-29(8,9)10)27-30(11,12)13/h16-17H,2,14H2,1,3-13H3,(H,20,22). The highest BCUT2D eigenvalue weighted by molar-refractivity contribution is 6.90.